The number of benzene rings is 1. The molecule has 3 rings (SSSR count). The molecule has 33 heavy (non-hydrogen) atoms. The number of aromatic nitrogens is 2. The van der Waals surface area contributed by atoms with Gasteiger partial charge >= 0.3 is 5.69 Å². The Balaban J connectivity index is 1.51. The quantitative estimate of drug-likeness (QED) is 0.491. The van der Waals surface area contributed by atoms with Crippen LogP contribution in [0.15, 0.2) is 46.1 Å². The van der Waals surface area contributed by atoms with Gasteiger partial charge in [-0.15, -0.1) is 0 Å². The van der Waals surface area contributed by atoms with Crippen molar-refractivity contribution in [2.75, 3.05) is 45.0 Å². The van der Waals surface area contributed by atoms with Gasteiger partial charge in [0.15, 0.2) is 0 Å². The Hall–Kier alpha value is -2.95. The van der Waals surface area contributed by atoms with Crippen molar-refractivity contribution in [2.24, 2.45) is 7.05 Å². The number of carbonyl (C=O) groups excluding carboxylic acids is 1. The highest BCUT2D eigenvalue weighted by molar-refractivity contribution is 5.98. The number of ether oxygens (including phenoxy) is 3. The van der Waals surface area contributed by atoms with Crippen molar-refractivity contribution >= 4 is 11.6 Å². The number of amides is 1. The molecule has 2 aromatic rings. The van der Waals surface area contributed by atoms with Gasteiger partial charge in [0.1, 0.15) is 18.4 Å². The topological polar surface area (TPSA) is 112 Å². The van der Waals surface area contributed by atoms with Crippen molar-refractivity contribution in [3.8, 4) is 5.75 Å². The number of hydrogen-bond acceptors (Lipinski definition) is 7. The van der Waals surface area contributed by atoms with Crippen LogP contribution in [0.4, 0.5) is 5.69 Å². The maximum absolute atomic E-state index is 12.9. The fourth-order valence-corrected chi connectivity index (χ4v) is 3.63. The Morgan fingerprint density at radius 2 is 1.82 bits per heavy atom. The van der Waals surface area contributed by atoms with E-state index < -0.39 is 22.9 Å². The van der Waals surface area contributed by atoms with Crippen LogP contribution in [0.25, 0.3) is 0 Å². The second-order valence-corrected chi connectivity index (χ2v) is 8.33. The molecule has 0 bridgehead atoms. The number of carbonyl (C=O) groups is 1. The molecule has 0 aliphatic carbocycles. The summed E-state index contributed by atoms with van der Waals surface area (Å²) in [4.78, 5) is 38.5. The molecule has 1 fully saturated rings. The zero-order chi connectivity index (χ0) is 24.0. The Bertz CT molecular complexity index is 1060. The summed E-state index contributed by atoms with van der Waals surface area (Å²) in [7, 11) is 2.98. The normalized spacial score (nSPS) is 17.9. The van der Waals surface area contributed by atoms with E-state index in [1.807, 2.05) is 0 Å². The van der Waals surface area contributed by atoms with Crippen LogP contribution in [0.5, 0.6) is 5.75 Å². The number of rotatable bonds is 11. The molecule has 180 valence electrons. The minimum absolute atomic E-state index is 0.190. The zero-order valence-corrected chi connectivity index (χ0v) is 19.2. The largest absolute Gasteiger partial charge is 0.491 e. The molecule has 2 heterocycles. The highest BCUT2D eigenvalue weighted by Gasteiger charge is 2.34. The molecule has 1 aliphatic heterocycles. The average Bonchev–Trinajstić information content (AvgIpc) is 3.17. The molecule has 1 N–H and O–H groups in total. The number of aliphatic hydroxyl groups is 1. The van der Waals surface area contributed by atoms with E-state index in [4.69, 9.17) is 14.2 Å². The Morgan fingerprint density at radius 1 is 1.09 bits per heavy atom. The van der Waals surface area contributed by atoms with Gasteiger partial charge in [-0.1, -0.05) is 0 Å². The zero-order valence-electron chi connectivity index (χ0n) is 19.2. The average molecular weight is 462 g/mol. The van der Waals surface area contributed by atoms with Crippen LogP contribution >= 0.6 is 0 Å². The molecule has 0 saturated carbocycles. The Kier molecular flexibility index (Phi) is 8.06. The molecule has 0 radical (unpaired) electrons. The number of methoxy groups -OCH3 is 1. The van der Waals surface area contributed by atoms with Crippen molar-refractivity contribution < 1.29 is 24.1 Å². The summed E-state index contributed by atoms with van der Waals surface area (Å²) < 4.78 is 18.4. The summed E-state index contributed by atoms with van der Waals surface area (Å²) >= 11 is 0. The van der Waals surface area contributed by atoms with Gasteiger partial charge < -0.3 is 24.2 Å². The second kappa shape index (κ2) is 10.8. The summed E-state index contributed by atoms with van der Waals surface area (Å²) in [6.45, 7) is 3.46. The number of anilines is 1. The molecule has 1 aromatic heterocycles. The molecule has 1 saturated heterocycles. The van der Waals surface area contributed by atoms with Gasteiger partial charge in [0.25, 0.3) is 5.56 Å². The molecule has 1 amide bonds. The molecule has 10 heteroatoms. The van der Waals surface area contributed by atoms with Crippen LogP contribution in [0.1, 0.15) is 25.8 Å². The third-order valence-corrected chi connectivity index (χ3v) is 5.63. The molecule has 2 atom stereocenters. The summed E-state index contributed by atoms with van der Waals surface area (Å²) in [5, 5.41) is 10.1. The third-order valence-electron chi connectivity index (χ3n) is 5.63. The standard InChI is InChI=1S/C23H31N3O7/c1-23(30,10-13-31-3)16-32-14-15-33-18-6-4-17(5-7-18)25-11-8-19(21(25)28)26-12-9-20(27)24(2)22(26)29/h4-7,9,12,19,30H,8,10-11,13-16H2,1-3H3. The number of hydrogen-bond donors (Lipinski definition) is 1. The lowest BCUT2D eigenvalue weighted by Gasteiger charge is -2.22. The van der Waals surface area contributed by atoms with Crippen LogP contribution < -0.4 is 20.9 Å². The van der Waals surface area contributed by atoms with Gasteiger partial charge in [-0.2, -0.15) is 0 Å². The lowest BCUT2D eigenvalue weighted by Crippen LogP contribution is -2.40. The first kappa shape index (κ1) is 24.7. The molecule has 10 nitrogen and oxygen atoms in total. The summed E-state index contributed by atoms with van der Waals surface area (Å²) in [5.41, 5.74) is -1.15. The minimum Gasteiger partial charge on any atom is -0.491 e. The number of nitrogens with zero attached hydrogens (tertiary/aromatic N) is 3. The van der Waals surface area contributed by atoms with Crippen LogP contribution in [-0.4, -0.2) is 65.8 Å². The van der Waals surface area contributed by atoms with Gasteiger partial charge in [-0.3, -0.25) is 18.7 Å². The molecular weight excluding hydrogens is 430 g/mol. The van der Waals surface area contributed by atoms with Gasteiger partial charge in [0.05, 0.1) is 18.8 Å². The van der Waals surface area contributed by atoms with Crippen LogP contribution in [0, 0.1) is 0 Å². The van der Waals surface area contributed by atoms with Crippen LogP contribution in [0.2, 0.25) is 0 Å². The molecule has 1 aromatic carbocycles. The van der Waals surface area contributed by atoms with Crippen molar-refractivity contribution in [2.45, 2.75) is 31.4 Å². The first-order valence-electron chi connectivity index (χ1n) is 10.8. The van der Waals surface area contributed by atoms with E-state index in [1.165, 1.54) is 23.9 Å². The SMILES string of the molecule is COCCC(C)(O)COCCOc1ccc(N2CCC(n3ccc(=O)n(C)c3=O)C2=O)cc1. The second-order valence-electron chi connectivity index (χ2n) is 8.33. The highest BCUT2D eigenvalue weighted by Crippen LogP contribution is 2.28. The van der Waals surface area contributed by atoms with Crippen LogP contribution in [0.3, 0.4) is 0 Å². The summed E-state index contributed by atoms with van der Waals surface area (Å²) in [6.07, 6.45) is 2.34. The third kappa shape index (κ3) is 6.10. The van der Waals surface area contributed by atoms with Gasteiger partial charge in [-0.25, -0.2) is 4.79 Å². The summed E-state index contributed by atoms with van der Waals surface area (Å²) in [6, 6.07) is 7.75. The molecule has 0 spiro atoms. The fraction of sp³-hybridized carbons (Fsp3) is 0.522. The van der Waals surface area contributed by atoms with E-state index in [0.717, 1.165) is 4.57 Å². The van der Waals surface area contributed by atoms with Gasteiger partial charge in [-0.05, 0) is 37.6 Å². The monoisotopic (exact) mass is 461 g/mol. The fourth-order valence-electron chi connectivity index (χ4n) is 3.63. The van der Waals surface area contributed by atoms with E-state index in [9.17, 15) is 19.5 Å². The van der Waals surface area contributed by atoms with E-state index in [1.54, 1.807) is 43.2 Å². The predicted molar refractivity (Wildman–Crippen MR) is 122 cm³/mol. The van der Waals surface area contributed by atoms with E-state index in [0.29, 0.717) is 50.6 Å². The van der Waals surface area contributed by atoms with E-state index in [2.05, 4.69) is 0 Å². The van der Waals surface area contributed by atoms with Crippen molar-refractivity contribution in [3.63, 3.8) is 0 Å². The van der Waals surface area contributed by atoms with Crippen LogP contribution in [-0.2, 0) is 21.3 Å². The Labute approximate surface area is 191 Å². The maximum atomic E-state index is 12.9. The lowest BCUT2D eigenvalue weighted by molar-refractivity contribution is -0.119. The summed E-state index contributed by atoms with van der Waals surface area (Å²) in [5.74, 6) is 0.435. The first-order valence-corrected chi connectivity index (χ1v) is 10.8. The Morgan fingerprint density at radius 3 is 2.52 bits per heavy atom. The molecule has 2 unspecified atom stereocenters. The highest BCUT2D eigenvalue weighted by atomic mass is 16.5. The van der Waals surface area contributed by atoms with Crippen molar-refractivity contribution in [1.29, 1.82) is 0 Å². The lowest BCUT2D eigenvalue weighted by atomic mass is 10.1. The predicted octanol–water partition coefficient (Wildman–Crippen LogP) is 0.708. The van der Waals surface area contributed by atoms with Gasteiger partial charge in [0, 0.05) is 51.7 Å². The van der Waals surface area contributed by atoms with E-state index >= 15 is 0 Å². The minimum atomic E-state index is -0.947. The first-order chi connectivity index (χ1) is 15.7. The molecular formula is C23H31N3O7. The smallest absolute Gasteiger partial charge is 0.331 e. The molecule has 1 aliphatic rings. The maximum Gasteiger partial charge on any atom is 0.331 e. The van der Waals surface area contributed by atoms with Crippen molar-refractivity contribution in [1.82, 2.24) is 9.13 Å². The van der Waals surface area contributed by atoms with Crippen molar-refractivity contribution in [3.05, 3.63) is 57.4 Å². The van der Waals surface area contributed by atoms with E-state index in [-0.39, 0.29) is 12.5 Å². The van der Waals surface area contributed by atoms with Gasteiger partial charge in [0.2, 0.25) is 5.91 Å².